The number of imide groups is 1. The lowest BCUT2D eigenvalue weighted by molar-refractivity contribution is -0.142. The lowest BCUT2D eigenvalue weighted by atomic mass is 9.68. The van der Waals surface area contributed by atoms with E-state index in [1.165, 1.54) is 16.2 Å². The first-order chi connectivity index (χ1) is 20.2. The average molecular weight is 690 g/mol. The maximum atomic E-state index is 13.7. The Kier molecular flexibility index (Phi) is 7.27. The summed E-state index contributed by atoms with van der Waals surface area (Å²) in [6, 6.07) is 13.4. The van der Waals surface area contributed by atoms with Crippen molar-refractivity contribution in [2.24, 2.45) is 29.6 Å². The zero-order chi connectivity index (χ0) is 29.3. The molecule has 2 amide bonds. The normalized spacial score (nSPS) is 29.0. The first-order valence-electron chi connectivity index (χ1n) is 13.8. The Balaban J connectivity index is 1.26. The minimum atomic E-state index is -0.942. The van der Waals surface area contributed by atoms with E-state index < -0.39 is 17.8 Å². The van der Waals surface area contributed by atoms with Crippen molar-refractivity contribution < 1.29 is 24.2 Å². The fraction of sp³-hybridized carbons (Fsp3) is 0.400. The number of aliphatic carboxylic acids is 1. The summed E-state index contributed by atoms with van der Waals surface area (Å²) < 4.78 is 7.27. The molecule has 3 aromatic rings. The number of halogens is 2. The summed E-state index contributed by atoms with van der Waals surface area (Å²) >= 11 is 12.7. The van der Waals surface area contributed by atoms with Gasteiger partial charge in [-0.1, -0.05) is 51.0 Å². The lowest BCUT2D eigenvalue weighted by Gasteiger charge is -2.43. The highest BCUT2D eigenvalue weighted by Crippen LogP contribution is 2.69. The summed E-state index contributed by atoms with van der Waals surface area (Å²) in [5.74, 6) is -1.61. The van der Waals surface area contributed by atoms with Crippen LogP contribution in [0.15, 0.2) is 56.8 Å². The van der Waals surface area contributed by atoms with Crippen molar-refractivity contribution >= 4 is 68.4 Å². The van der Waals surface area contributed by atoms with Gasteiger partial charge in [-0.2, -0.15) is 0 Å². The minimum absolute atomic E-state index is 0.00189. The Morgan fingerprint density at radius 3 is 2.67 bits per heavy atom. The van der Waals surface area contributed by atoms with Crippen LogP contribution in [0.1, 0.15) is 41.2 Å². The molecular formula is C30H26BrClN2O6S2. The number of thiazole rings is 1. The molecule has 7 atom stereocenters. The van der Waals surface area contributed by atoms with Gasteiger partial charge in [0.05, 0.1) is 16.9 Å². The maximum absolute atomic E-state index is 13.7. The fourth-order valence-electron chi connectivity index (χ4n) is 7.72. The number of hydrogen-bond donors (Lipinski definition) is 2. The third-order valence-electron chi connectivity index (χ3n) is 9.18. The molecule has 4 aliphatic rings. The van der Waals surface area contributed by atoms with E-state index >= 15 is 0 Å². The summed E-state index contributed by atoms with van der Waals surface area (Å²) in [7, 11) is 0. The van der Waals surface area contributed by atoms with Crippen molar-refractivity contribution in [1.29, 1.82) is 0 Å². The highest BCUT2D eigenvalue weighted by molar-refractivity contribution is 9.10. The zero-order valence-electron chi connectivity index (χ0n) is 22.1. The summed E-state index contributed by atoms with van der Waals surface area (Å²) in [5.41, 5.74) is 1.87. The number of hydrogen-bond acceptors (Lipinski definition) is 7. The van der Waals surface area contributed by atoms with Crippen molar-refractivity contribution in [3.8, 4) is 5.75 Å². The van der Waals surface area contributed by atoms with Crippen molar-refractivity contribution in [1.82, 2.24) is 9.88 Å². The summed E-state index contributed by atoms with van der Waals surface area (Å²) in [6.07, 6.45) is 0.938. The van der Waals surface area contributed by atoms with Gasteiger partial charge >= 0.3 is 10.8 Å². The van der Waals surface area contributed by atoms with Gasteiger partial charge < -0.3 is 14.8 Å². The molecule has 1 aromatic heterocycles. The Bertz CT molecular complexity index is 1680. The topological polar surface area (TPSA) is 117 Å². The van der Waals surface area contributed by atoms with Crippen molar-refractivity contribution in [3.63, 3.8) is 0 Å². The van der Waals surface area contributed by atoms with Crippen molar-refractivity contribution in [3.05, 3.63) is 77.6 Å². The van der Waals surface area contributed by atoms with E-state index in [4.69, 9.17) is 21.4 Å². The van der Waals surface area contributed by atoms with Crippen LogP contribution in [0.5, 0.6) is 5.75 Å². The Morgan fingerprint density at radius 2 is 1.90 bits per heavy atom. The van der Waals surface area contributed by atoms with Crippen LogP contribution in [0.3, 0.4) is 0 Å². The van der Waals surface area contributed by atoms with E-state index in [9.17, 15) is 19.2 Å². The number of nitrogens with zero attached hydrogens (tertiary/aromatic N) is 1. The van der Waals surface area contributed by atoms with Crippen LogP contribution in [0.2, 0.25) is 5.02 Å². The number of fused-ring (bicyclic) bond motifs is 9. The number of carbonyl (C=O) groups is 3. The monoisotopic (exact) mass is 688 g/mol. The van der Waals surface area contributed by atoms with Gasteiger partial charge in [0, 0.05) is 44.1 Å². The highest BCUT2D eigenvalue weighted by atomic mass is 79.9. The maximum Gasteiger partial charge on any atom is 0.305 e. The van der Waals surface area contributed by atoms with Gasteiger partial charge in [-0.3, -0.25) is 24.1 Å². The molecular weight excluding hydrogens is 664 g/mol. The van der Waals surface area contributed by atoms with Crippen LogP contribution in [-0.4, -0.2) is 44.6 Å². The highest BCUT2D eigenvalue weighted by Gasteiger charge is 2.69. The van der Waals surface area contributed by atoms with Gasteiger partial charge in [-0.05, 0) is 66.5 Å². The molecule has 2 bridgehead atoms. The van der Waals surface area contributed by atoms with Gasteiger partial charge in [0.25, 0.3) is 0 Å². The number of aromatic nitrogens is 1. The largest absolute Gasteiger partial charge is 0.489 e. The predicted octanol–water partition coefficient (Wildman–Crippen LogP) is 5.77. The number of nitrogens with one attached hydrogen (secondary N) is 1. The van der Waals surface area contributed by atoms with E-state index in [2.05, 4.69) is 20.9 Å². The molecule has 2 aliphatic heterocycles. The number of rotatable bonds is 8. The first-order valence-corrected chi connectivity index (χ1v) is 16.7. The third-order valence-corrected chi connectivity index (χ3v) is 12.5. The molecule has 218 valence electrons. The summed E-state index contributed by atoms with van der Waals surface area (Å²) in [4.78, 5) is 56.1. The molecule has 3 heterocycles. The van der Waals surface area contributed by atoms with Gasteiger partial charge in [0.1, 0.15) is 12.4 Å². The molecule has 8 nitrogen and oxygen atoms in total. The van der Waals surface area contributed by atoms with E-state index in [1.807, 2.05) is 42.5 Å². The van der Waals surface area contributed by atoms with E-state index in [0.717, 1.165) is 31.9 Å². The molecule has 0 spiro atoms. The molecule has 3 fully saturated rings. The second-order valence-electron chi connectivity index (χ2n) is 11.4. The molecule has 7 rings (SSSR count). The smallest absolute Gasteiger partial charge is 0.305 e. The SMILES string of the molecule is O=C(O)CCCN1C(=O)C2C3CC(C2C1=O)C1C3Sc2[nH]c(=O)sc2[C@@H]1c1cc(Br)ccc1OCc1cccc(Cl)c1. The number of likely N-dealkylation sites (tertiary alicyclic amines) is 1. The predicted molar refractivity (Wildman–Crippen MR) is 162 cm³/mol. The second-order valence-corrected chi connectivity index (χ2v) is 14.9. The average Bonchev–Trinajstić information content (AvgIpc) is 3.68. The lowest BCUT2D eigenvalue weighted by Crippen LogP contribution is -2.42. The number of benzene rings is 2. The number of carboxylic acids is 1. The molecule has 2 aromatic carbocycles. The molecule has 1 saturated heterocycles. The standard InChI is InChI=1S/C30H26BrClN2O6S2/c31-14-6-7-19(40-12-13-3-1-4-15(32)9-13)16(10-14)21-22-17-11-18(25(22)41-27-26(21)42-30(39)33-27)24-23(17)28(37)34(29(24)38)8-2-5-20(35)36/h1,3-4,6-7,9-10,17-18,21-25H,2,5,8,11-12H2,(H,33,39)(H,35,36)/t17?,18?,21-,22?,23?,24?,25?/m1/s1. The molecule has 2 N–H and O–H groups in total. The molecule has 12 heteroatoms. The summed E-state index contributed by atoms with van der Waals surface area (Å²) in [5, 5.41) is 10.6. The molecule has 2 saturated carbocycles. The van der Waals surface area contributed by atoms with Crippen molar-refractivity contribution in [2.75, 3.05) is 6.54 Å². The molecule has 42 heavy (non-hydrogen) atoms. The van der Waals surface area contributed by atoms with Crippen LogP contribution in [0.25, 0.3) is 0 Å². The van der Waals surface area contributed by atoms with Crippen molar-refractivity contribution in [2.45, 2.75) is 42.1 Å². The van der Waals surface area contributed by atoms with Gasteiger partial charge in [-0.25, -0.2) is 0 Å². The Labute approximate surface area is 262 Å². The van der Waals surface area contributed by atoms with Gasteiger partial charge in [-0.15, -0.1) is 11.8 Å². The number of thioether (sulfide) groups is 1. The first kappa shape index (κ1) is 28.2. The number of aromatic amines is 1. The van der Waals surface area contributed by atoms with Gasteiger partial charge in [0.2, 0.25) is 11.8 Å². The van der Waals surface area contributed by atoms with Crippen LogP contribution in [-0.2, 0) is 21.0 Å². The number of amides is 2. The van der Waals surface area contributed by atoms with Crippen LogP contribution >= 0.6 is 50.6 Å². The number of H-pyrrole nitrogens is 1. The van der Waals surface area contributed by atoms with E-state index in [0.29, 0.717) is 17.4 Å². The Hall–Kier alpha value is -2.60. The number of ether oxygens (including phenoxy) is 1. The molecule has 2 aliphatic carbocycles. The minimum Gasteiger partial charge on any atom is -0.489 e. The summed E-state index contributed by atoms with van der Waals surface area (Å²) in [6.45, 7) is 0.451. The number of carboxylic acid groups (broad SMARTS) is 1. The Morgan fingerprint density at radius 1 is 1.12 bits per heavy atom. The molecule has 6 unspecified atom stereocenters. The van der Waals surface area contributed by atoms with Crippen LogP contribution < -0.4 is 9.61 Å². The number of carbonyl (C=O) groups excluding carboxylic acids is 2. The van der Waals surface area contributed by atoms with Crippen LogP contribution in [0, 0.1) is 29.6 Å². The van der Waals surface area contributed by atoms with Gasteiger partial charge in [0.15, 0.2) is 0 Å². The third kappa shape index (κ3) is 4.63. The second kappa shape index (κ2) is 10.8. The van der Waals surface area contributed by atoms with E-state index in [1.54, 1.807) is 11.8 Å². The van der Waals surface area contributed by atoms with Crippen LogP contribution in [0.4, 0.5) is 0 Å². The zero-order valence-corrected chi connectivity index (χ0v) is 26.1. The fourth-order valence-corrected chi connectivity index (χ4v) is 11.2. The quantitative estimate of drug-likeness (QED) is 0.289. The van der Waals surface area contributed by atoms with E-state index in [-0.39, 0.29) is 65.0 Å². The molecule has 0 radical (unpaired) electrons.